The first-order chi connectivity index (χ1) is 13.6. The first-order valence-corrected chi connectivity index (χ1v) is 9.16. The Balaban J connectivity index is 1.99. The molecule has 28 heavy (non-hydrogen) atoms. The molecule has 0 bridgehead atoms. The van der Waals surface area contributed by atoms with E-state index in [-0.39, 0.29) is 19.0 Å². The average molecular weight is 376 g/mol. The molecule has 3 rings (SSSR count). The van der Waals surface area contributed by atoms with Crippen molar-refractivity contribution in [1.29, 1.82) is 0 Å². The van der Waals surface area contributed by atoms with Crippen molar-refractivity contribution in [3.63, 3.8) is 0 Å². The van der Waals surface area contributed by atoms with Crippen molar-refractivity contribution in [2.24, 2.45) is 0 Å². The molecule has 0 heterocycles. The number of aliphatic hydroxyl groups is 2. The highest BCUT2D eigenvalue weighted by atomic mass is 16.5. The van der Waals surface area contributed by atoms with E-state index in [0.717, 1.165) is 27.8 Å². The largest absolute Gasteiger partial charge is 0.508 e. The lowest BCUT2D eigenvalue weighted by Crippen LogP contribution is -2.21. The van der Waals surface area contributed by atoms with Gasteiger partial charge in [0.05, 0.1) is 6.61 Å². The Kier molecular flexibility index (Phi) is 6.48. The Morgan fingerprint density at radius 1 is 0.821 bits per heavy atom. The molecule has 0 amide bonds. The molecule has 0 spiro atoms. The third-order valence-corrected chi connectivity index (χ3v) is 4.53. The van der Waals surface area contributed by atoms with Gasteiger partial charge in [0.15, 0.2) is 0 Å². The molecule has 0 saturated heterocycles. The maximum absolute atomic E-state index is 9.65. The van der Waals surface area contributed by atoms with Gasteiger partial charge in [-0.1, -0.05) is 54.6 Å². The second-order valence-corrected chi connectivity index (χ2v) is 6.58. The number of phenols is 1. The predicted octanol–water partition coefficient (Wildman–Crippen LogP) is 4.10. The van der Waals surface area contributed by atoms with Crippen LogP contribution in [-0.4, -0.2) is 34.6 Å². The highest BCUT2D eigenvalue weighted by molar-refractivity contribution is 5.97. The summed E-state index contributed by atoms with van der Waals surface area (Å²) in [7, 11) is 0. The number of phenolic OH excluding ortho intramolecular Hbond substituents is 1. The zero-order chi connectivity index (χ0) is 19.9. The third kappa shape index (κ3) is 4.80. The topological polar surface area (TPSA) is 69.9 Å². The summed E-state index contributed by atoms with van der Waals surface area (Å²) < 4.78 is 5.50. The highest BCUT2D eigenvalue weighted by Gasteiger charge is 2.12. The van der Waals surface area contributed by atoms with Crippen molar-refractivity contribution >= 4 is 11.1 Å². The van der Waals surface area contributed by atoms with Gasteiger partial charge in [-0.3, -0.25) is 0 Å². The molecule has 0 aromatic heterocycles. The Morgan fingerprint density at radius 3 is 1.96 bits per heavy atom. The minimum absolute atomic E-state index is 0.0412. The van der Waals surface area contributed by atoms with Crippen molar-refractivity contribution in [3.05, 3.63) is 95.6 Å². The van der Waals surface area contributed by atoms with Crippen LogP contribution in [0.2, 0.25) is 0 Å². The second kappa shape index (κ2) is 9.22. The molecule has 0 aliphatic rings. The smallest absolute Gasteiger partial charge is 0.119 e. The molecule has 4 heteroatoms. The maximum atomic E-state index is 9.65. The van der Waals surface area contributed by atoms with Crippen LogP contribution in [0.15, 0.2) is 78.9 Å². The van der Waals surface area contributed by atoms with Gasteiger partial charge in [-0.25, -0.2) is 0 Å². The summed E-state index contributed by atoms with van der Waals surface area (Å²) in [6.07, 6.45) is -0.896. The lowest BCUT2D eigenvalue weighted by Gasteiger charge is -2.15. The number of benzene rings is 3. The summed E-state index contributed by atoms with van der Waals surface area (Å²) in [5.41, 5.74) is 5.33. The summed E-state index contributed by atoms with van der Waals surface area (Å²) in [5.74, 6) is 0.852. The molecule has 1 unspecified atom stereocenters. The molecule has 0 aliphatic carbocycles. The lowest BCUT2D eigenvalue weighted by atomic mass is 9.90. The summed E-state index contributed by atoms with van der Waals surface area (Å²) in [6, 6.07) is 25.0. The fraction of sp³-hybridized carbons (Fsp3) is 0.167. The molecule has 3 aromatic rings. The quantitative estimate of drug-likeness (QED) is 0.543. The van der Waals surface area contributed by atoms with Crippen molar-refractivity contribution in [3.8, 4) is 11.5 Å². The molecular weight excluding hydrogens is 352 g/mol. The number of aliphatic hydroxyl groups excluding tert-OH is 2. The van der Waals surface area contributed by atoms with Crippen LogP contribution < -0.4 is 4.74 Å². The zero-order valence-electron chi connectivity index (χ0n) is 15.7. The number of hydrogen-bond acceptors (Lipinski definition) is 4. The highest BCUT2D eigenvalue weighted by Crippen LogP contribution is 2.33. The normalized spacial score (nSPS) is 13.0. The van der Waals surface area contributed by atoms with Crippen molar-refractivity contribution in [2.45, 2.75) is 13.0 Å². The molecule has 0 radical (unpaired) electrons. The van der Waals surface area contributed by atoms with Gasteiger partial charge < -0.3 is 20.1 Å². The van der Waals surface area contributed by atoms with Gasteiger partial charge in [-0.15, -0.1) is 0 Å². The average Bonchev–Trinajstić information content (AvgIpc) is 2.75. The van der Waals surface area contributed by atoms with E-state index < -0.39 is 6.10 Å². The molecule has 3 aromatic carbocycles. The van der Waals surface area contributed by atoms with E-state index in [1.807, 2.05) is 54.6 Å². The molecule has 1 atom stereocenters. The van der Waals surface area contributed by atoms with Gasteiger partial charge in [0.25, 0.3) is 0 Å². The summed E-state index contributed by atoms with van der Waals surface area (Å²) in [4.78, 5) is 0. The molecular formula is C24H24O4. The van der Waals surface area contributed by atoms with Crippen LogP contribution in [0.4, 0.5) is 0 Å². The van der Waals surface area contributed by atoms with E-state index in [1.54, 1.807) is 12.1 Å². The van der Waals surface area contributed by atoms with Crippen LogP contribution in [-0.2, 0) is 0 Å². The first kappa shape index (κ1) is 19.7. The monoisotopic (exact) mass is 376 g/mol. The van der Waals surface area contributed by atoms with Crippen LogP contribution in [0.1, 0.15) is 23.6 Å². The summed E-state index contributed by atoms with van der Waals surface area (Å²) >= 11 is 0. The van der Waals surface area contributed by atoms with E-state index in [1.165, 1.54) is 0 Å². The zero-order valence-corrected chi connectivity index (χ0v) is 15.7. The minimum Gasteiger partial charge on any atom is -0.508 e. The molecule has 0 fully saturated rings. The Labute approximate surface area is 165 Å². The van der Waals surface area contributed by atoms with Crippen LogP contribution in [0.3, 0.4) is 0 Å². The van der Waals surface area contributed by atoms with Gasteiger partial charge in [0, 0.05) is 0 Å². The fourth-order valence-corrected chi connectivity index (χ4v) is 3.02. The van der Waals surface area contributed by atoms with Crippen LogP contribution in [0.5, 0.6) is 11.5 Å². The minimum atomic E-state index is -0.896. The number of rotatable bonds is 7. The van der Waals surface area contributed by atoms with Crippen molar-refractivity contribution < 1.29 is 20.1 Å². The van der Waals surface area contributed by atoms with Gasteiger partial charge in [0.2, 0.25) is 0 Å². The summed E-state index contributed by atoms with van der Waals surface area (Å²) in [5, 5.41) is 28.0. The van der Waals surface area contributed by atoms with Crippen LogP contribution in [0.25, 0.3) is 11.1 Å². The Hall–Kier alpha value is -3.08. The molecule has 0 aliphatic heterocycles. The van der Waals surface area contributed by atoms with Crippen molar-refractivity contribution in [1.82, 2.24) is 0 Å². The Bertz CT molecular complexity index is 913. The fourth-order valence-electron chi connectivity index (χ4n) is 3.02. The van der Waals surface area contributed by atoms with Crippen LogP contribution >= 0.6 is 0 Å². The SMILES string of the molecule is C/C(=C(\c1ccc(O)cc1)c1ccc(OCC(O)CO)cc1)c1ccccc1. The number of ether oxygens (including phenoxy) is 1. The summed E-state index contributed by atoms with van der Waals surface area (Å²) in [6.45, 7) is 1.79. The molecule has 3 N–H and O–H groups in total. The lowest BCUT2D eigenvalue weighted by molar-refractivity contribution is 0.0536. The van der Waals surface area contributed by atoms with E-state index >= 15 is 0 Å². The Morgan fingerprint density at radius 2 is 1.39 bits per heavy atom. The number of hydrogen-bond donors (Lipinski definition) is 3. The first-order valence-electron chi connectivity index (χ1n) is 9.16. The standard InChI is InChI=1S/C24H24O4/c1-17(18-5-3-2-4-6-18)24(19-7-11-21(26)12-8-19)20-9-13-23(14-10-20)28-16-22(27)15-25/h2-14,22,25-27H,15-16H2,1H3/b24-17-. The van der Waals surface area contributed by atoms with E-state index in [0.29, 0.717) is 5.75 Å². The van der Waals surface area contributed by atoms with E-state index in [2.05, 4.69) is 19.1 Å². The molecule has 144 valence electrons. The molecule has 4 nitrogen and oxygen atoms in total. The maximum Gasteiger partial charge on any atom is 0.119 e. The van der Waals surface area contributed by atoms with Crippen molar-refractivity contribution in [2.75, 3.05) is 13.2 Å². The van der Waals surface area contributed by atoms with E-state index in [9.17, 15) is 10.2 Å². The number of aromatic hydroxyl groups is 1. The van der Waals surface area contributed by atoms with Crippen LogP contribution in [0, 0.1) is 0 Å². The van der Waals surface area contributed by atoms with E-state index in [4.69, 9.17) is 9.84 Å². The molecule has 0 saturated carbocycles. The van der Waals surface area contributed by atoms with Gasteiger partial charge in [0.1, 0.15) is 24.2 Å². The van der Waals surface area contributed by atoms with Gasteiger partial charge >= 0.3 is 0 Å². The predicted molar refractivity (Wildman–Crippen MR) is 111 cm³/mol. The van der Waals surface area contributed by atoms with Gasteiger partial charge in [-0.2, -0.15) is 0 Å². The number of allylic oxidation sites excluding steroid dienone is 1. The second-order valence-electron chi connectivity index (χ2n) is 6.58. The van der Waals surface area contributed by atoms with Gasteiger partial charge in [-0.05, 0) is 59.0 Å². The third-order valence-electron chi connectivity index (χ3n) is 4.53.